The maximum absolute atomic E-state index is 13.4. The van der Waals surface area contributed by atoms with Crippen molar-refractivity contribution in [3.8, 4) is 0 Å². The van der Waals surface area contributed by atoms with Crippen LogP contribution < -0.4 is 16.3 Å². The van der Waals surface area contributed by atoms with E-state index in [1.165, 1.54) is 18.2 Å². The second-order valence-corrected chi connectivity index (χ2v) is 8.30. The normalized spacial score (nSPS) is 13.5. The number of carbonyl (C=O) groups is 1. The third kappa shape index (κ3) is 5.33. The van der Waals surface area contributed by atoms with Crippen molar-refractivity contribution in [1.82, 2.24) is 21.1 Å². The zero-order valence-electron chi connectivity index (χ0n) is 17.8. The number of benzene rings is 2. The zero-order chi connectivity index (χ0) is 24.1. The van der Waals surface area contributed by atoms with Gasteiger partial charge in [-0.2, -0.15) is 0 Å². The van der Waals surface area contributed by atoms with E-state index in [4.69, 9.17) is 9.28 Å². The minimum Gasteiger partial charge on any atom is -0.423 e. The van der Waals surface area contributed by atoms with Gasteiger partial charge in [-0.1, -0.05) is 17.3 Å². The van der Waals surface area contributed by atoms with Crippen molar-refractivity contribution in [2.45, 2.75) is 19.3 Å². The molecule has 176 valence electrons. The van der Waals surface area contributed by atoms with Gasteiger partial charge >= 0.3 is 7.12 Å². The Kier molecular flexibility index (Phi) is 7.68. The van der Waals surface area contributed by atoms with Crippen LogP contribution in [0.4, 0.5) is 10.1 Å². The van der Waals surface area contributed by atoms with E-state index in [1.54, 1.807) is 12.1 Å². The Hall–Kier alpha value is -3.13. The van der Waals surface area contributed by atoms with Gasteiger partial charge in [0.25, 0.3) is 5.91 Å². The molecule has 2 heterocycles. The molecule has 0 spiro atoms. The summed E-state index contributed by atoms with van der Waals surface area (Å²) in [4.78, 5) is 16.9. The van der Waals surface area contributed by atoms with Crippen LogP contribution in [0.3, 0.4) is 0 Å². The summed E-state index contributed by atoms with van der Waals surface area (Å²) in [5.41, 5.74) is 4.69. The summed E-state index contributed by atoms with van der Waals surface area (Å²) in [5.74, 6) is -0.786. The number of aromatic nitrogens is 2. The van der Waals surface area contributed by atoms with Crippen molar-refractivity contribution in [1.29, 1.82) is 0 Å². The first-order valence-corrected chi connectivity index (χ1v) is 11.2. The first-order chi connectivity index (χ1) is 16.5. The molecule has 2 aromatic carbocycles. The number of nitrogens with one attached hydrogen (secondary N) is 2. The van der Waals surface area contributed by atoms with Gasteiger partial charge in [-0.15, -0.1) is 0 Å². The van der Waals surface area contributed by atoms with Gasteiger partial charge in [0.2, 0.25) is 0 Å². The topological polar surface area (TPSA) is 142 Å². The Bertz CT molecular complexity index is 1220. The Balaban J connectivity index is 1.39. The molecule has 4 N–H and O–H groups in total. The smallest absolute Gasteiger partial charge is 0.423 e. The minimum atomic E-state index is -1.13. The largest absolute Gasteiger partial charge is 0.492 e. The first-order valence-electron chi connectivity index (χ1n) is 10.4. The molecule has 10 nitrogen and oxygen atoms in total. The number of fused-ring (bicyclic) bond motifs is 1. The maximum Gasteiger partial charge on any atom is 0.492 e. The standard InChI is InChI=1S/C21H20BBrFN5O5/c23-15-11-13(6-7-16(15)24)26-20(27-32)19-17(28-34-29-19)5-2-9-25-21(30)14-4-1-3-12-8-10-33-22(31)18(12)14/h1,3-4,6-7,11,31-32H,2,5,8-10H2,(H,25,30)(H,26,27). The number of rotatable bonds is 7. The van der Waals surface area contributed by atoms with Crippen molar-refractivity contribution < 1.29 is 28.7 Å². The van der Waals surface area contributed by atoms with E-state index in [-0.39, 0.29) is 21.9 Å². The molecule has 1 amide bonds. The van der Waals surface area contributed by atoms with Crippen molar-refractivity contribution in [2.75, 3.05) is 13.2 Å². The zero-order valence-corrected chi connectivity index (χ0v) is 19.4. The molecule has 0 atom stereocenters. The van der Waals surface area contributed by atoms with Gasteiger partial charge in [0.05, 0.1) is 10.2 Å². The van der Waals surface area contributed by atoms with E-state index in [9.17, 15) is 19.4 Å². The number of nitrogens with zero attached hydrogens (tertiary/aromatic N) is 3. The van der Waals surface area contributed by atoms with Crippen molar-refractivity contribution >= 4 is 45.9 Å². The van der Waals surface area contributed by atoms with Crippen LogP contribution in [0.15, 0.2) is 50.5 Å². The molecule has 3 aromatic rings. The van der Waals surface area contributed by atoms with Crippen molar-refractivity contribution in [3.63, 3.8) is 0 Å². The van der Waals surface area contributed by atoms with E-state index < -0.39 is 12.9 Å². The number of hydrogen-bond donors (Lipinski definition) is 4. The van der Waals surface area contributed by atoms with Crippen LogP contribution in [0.2, 0.25) is 0 Å². The highest BCUT2D eigenvalue weighted by Crippen LogP contribution is 2.23. The molecule has 34 heavy (non-hydrogen) atoms. The third-order valence-electron chi connectivity index (χ3n) is 5.24. The molecule has 13 heteroatoms. The molecular weight excluding hydrogens is 512 g/mol. The van der Waals surface area contributed by atoms with Crippen LogP contribution in [0.5, 0.6) is 0 Å². The van der Waals surface area contributed by atoms with E-state index in [2.05, 4.69) is 36.6 Å². The highest BCUT2D eigenvalue weighted by atomic mass is 79.9. The predicted molar refractivity (Wildman–Crippen MR) is 124 cm³/mol. The number of hydroxylamine groups is 1. The first kappa shape index (κ1) is 24.0. The average Bonchev–Trinajstić information content (AvgIpc) is 3.30. The molecule has 0 saturated carbocycles. The SMILES string of the molecule is O=C(NCCCc1nonc1C(=Nc1ccc(F)c(Br)c1)NO)c1cccc2c1B(O)OCC2. The summed E-state index contributed by atoms with van der Waals surface area (Å²) in [7, 11) is -1.13. The van der Waals surface area contributed by atoms with Gasteiger partial charge in [0, 0.05) is 18.7 Å². The minimum absolute atomic E-state index is 0.0244. The summed E-state index contributed by atoms with van der Waals surface area (Å²) in [6.45, 7) is 0.718. The molecular formula is C21H20BBrFN5O5. The van der Waals surface area contributed by atoms with E-state index >= 15 is 0 Å². The summed E-state index contributed by atoms with van der Waals surface area (Å²) in [6.07, 6.45) is 1.49. The molecule has 1 aliphatic rings. The van der Waals surface area contributed by atoms with Gasteiger partial charge in [-0.3, -0.25) is 15.5 Å². The lowest BCUT2D eigenvalue weighted by atomic mass is 9.70. The summed E-state index contributed by atoms with van der Waals surface area (Å²) < 4.78 is 23.7. The maximum atomic E-state index is 13.4. The van der Waals surface area contributed by atoms with Crippen LogP contribution in [-0.4, -0.2) is 52.6 Å². The fourth-order valence-electron chi connectivity index (χ4n) is 3.60. The number of halogens is 2. The van der Waals surface area contributed by atoms with Gasteiger partial charge in [-0.25, -0.2) is 14.0 Å². The fourth-order valence-corrected chi connectivity index (χ4v) is 3.97. The van der Waals surface area contributed by atoms with E-state index in [0.717, 1.165) is 5.56 Å². The lowest BCUT2D eigenvalue weighted by Gasteiger charge is -2.21. The van der Waals surface area contributed by atoms with Crippen molar-refractivity contribution in [2.24, 2.45) is 4.99 Å². The van der Waals surface area contributed by atoms with Gasteiger partial charge in [-0.05, 0) is 75.6 Å². The van der Waals surface area contributed by atoms with Gasteiger partial charge in [0.15, 0.2) is 11.5 Å². The quantitative estimate of drug-likeness (QED) is 0.118. The number of amides is 1. The average molecular weight is 532 g/mol. The predicted octanol–water partition coefficient (Wildman–Crippen LogP) is 1.65. The van der Waals surface area contributed by atoms with Crippen LogP contribution in [0.1, 0.15) is 33.7 Å². The summed E-state index contributed by atoms with van der Waals surface area (Å²) >= 11 is 3.09. The number of aliphatic imine (C=N–C) groups is 1. The monoisotopic (exact) mass is 531 g/mol. The third-order valence-corrected chi connectivity index (χ3v) is 5.85. The van der Waals surface area contributed by atoms with Crippen LogP contribution in [-0.2, 0) is 17.5 Å². The Morgan fingerprint density at radius 2 is 2.15 bits per heavy atom. The molecule has 0 aliphatic carbocycles. The van der Waals surface area contributed by atoms with Gasteiger partial charge < -0.3 is 15.0 Å². The molecule has 0 unspecified atom stereocenters. The Labute approximate surface area is 202 Å². The number of carbonyl (C=O) groups excluding carboxylic acids is 1. The van der Waals surface area contributed by atoms with E-state index in [0.29, 0.717) is 54.8 Å². The highest BCUT2D eigenvalue weighted by molar-refractivity contribution is 9.10. The molecule has 0 radical (unpaired) electrons. The lowest BCUT2D eigenvalue weighted by Crippen LogP contribution is -2.46. The van der Waals surface area contributed by atoms with Crippen LogP contribution >= 0.6 is 15.9 Å². The second-order valence-electron chi connectivity index (χ2n) is 7.44. The molecule has 4 rings (SSSR count). The highest BCUT2D eigenvalue weighted by Gasteiger charge is 2.29. The molecule has 1 aromatic heterocycles. The number of hydrogen-bond acceptors (Lipinski definition) is 8. The van der Waals surface area contributed by atoms with Crippen LogP contribution in [0.25, 0.3) is 0 Å². The second kappa shape index (κ2) is 10.9. The molecule has 0 fully saturated rings. The summed E-state index contributed by atoms with van der Waals surface area (Å²) in [6, 6.07) is 9.41. The molecule has 0 saturated heterocycles. The molecule has 0 bridgehead atoms. The Morgan fingerprint density at radius 3 is 2.94 bits per heavy atom. The van der Waals surface area contributed by atoms with E-state index in [1.807, 2.05) is 11.5 Å². The fraction of sp³-hybridized carbons (Fsp3) is 0.238. The number of aryl methyl sites for hydroxylation is 1. The number of amidine groups is 1. The van der Waals surface area contributed by atoms with Gasteiger partial charge in [0.1, 0.15) is 11.5 Å². The lowest BCUT2D eigenvalue weighted by molar-refractivity contribution is 0.0953. The van der Waals surface area contributed by atoms with Crippen LogP contribution in [0, 0.1) is 5.82 Å². The van der Waals surface area contributed by atoms with Crippen molar-refractivity contribution in [3.05, 3.63) is 69.2 Å². The summed E-state index contributed by atoms with van der Waals surface area (Å²) in [5, 5.41) is 30.1. The Morgan fingerprint density at radius 1 is 1.29 bits per heavy atom. The molecule has 1 aliphatic heterocycles.